The molecule has 0 unspecified atom stereocenters. The van der Waals surface area contributed by atoms with Crippen molar-refractivity contribution in [1.82, 2.24) is 4.72 Å². The fourth-order valence-corrected chi connectivity index (χ4v) is 3.64. The van der Waals surface area contributed by atoms with Crippen molar-refractivity contribution in [2.45, 2.75) is 37.2 Å². The van der Waals surface area contributed by atoms with Crippen molar-refractivity contribution in [3.05, 3.63) is 29.6 Å². The van der Waals surface area contributed by atoms with Crippen LogP contribution in [-0.4, -0.2) is 40.9 Å². The zero-order valence-corrected chi connectivity index (χ0v) is 13.5. The number of benzene rings is 1. The molecule has 1 aromatic rings. The normalized spacial score (nSPS) is 18.7. The second kappa shape index (κ2) is 8.01. The van der Waals surface area contributed by atoms with Crippen LogP contribution in [0.2, 0.25) is 0 Å². The Morgan fingerprint density at radius 1 is 1.45 bits per heavy atom. The molecule has 1 aliphatic heterocycles. The number of ether oxygens (including phenoxy) is 2. The van der Waals surface area contributed by atoms with E-state index in [1.54, 1.807) is 6.92 Å². The van der Waals surface area contributed by atoms with Gasteiger partial charge in [0, 0.05) is 19.8 Å². The van der Waals surface area contributed by atoms with Crippen LogP contribution in [0.3, 0.4) is 0 Å². The summed E-state index contributed by atoms with van der Waals surface area (Å²) in [4.78, 5) is -0.0206. The van der Waals surface area contributed by atoms with Crippen molar-refractivity contribution in [3.8, 4) is 0 Å². The molecule has 7 heteroatoms. The Kier molecular flexibility index (Phi) is 6.31. The molecule has 0 radical (unpaired) electrons. The maximum atomic E-state index is 13.2. The third-order valence-electron chi connectivity index (χ3n) is 3.52. The van der Waals surface area contributed by atoms with Crippen LogP contribution in [0.25, 0.3) is 0 Å². The number of halogens is 1. The fraction of sp³-hybridized carbons (Fsp3) is 0.600. The van der Waals surface area contributed by atoms with E-state index in [2.05, 4.69) is 4.72 Å². The average Bonchev–Trinajstić information content (AvgIpc) is 2.98. The number of hydrogen-bond acceptors (Lipinski definition) is 4. The highest BCUT2D eigenvalue weighted by Crippen LogP contribution is 2.16. The molecule has 1 fully saturated rings. The molecule has 1 saturated heterocycles. The molecular formula is C15H22FNO4S. The highest BCUT2D eigenvalue weighted by molar-refractivity contribution is 7.89. The van der Waals surface area contributed by atoms with Gasteiger partial charge in [0.15, 0.2) is 0 Å². The highest BCUT2D eigenvalue weighted by Gasteiger charge is 2.17. The number of nitrogens with one attached hydrogen (secondary N) is 1. The first-order chi connectivity index (χ1) is 10.5. The van der Waals surface area contributed by atoms with Crippen molar-refractivity contribution in [2.75, 3.05) is 26.4 Å². The van der Waals surface area contributed by atoms with Gasteiger partial charge in [0.05, 0.1) is 17.6 Å². The van der Waals surface area contributed by atoms with Crippen LogP contribution < -0.4 is 4.72 Å². The predicted octanol–water partition coefficient (Wildman–Crippen LogP) is 2.00. The third-order valence-corrected chi connectivity index (χ3v) is 5.13. The minimum absolute atomic E-state index is 0.0206. The van der Waals surface area contributed by atoms with E-state index in [4.69, 9.17) is 9.47 Å². The molecule has 1 aliphatic rings. The molecule has 0 bridgehead atoms. The Hall–Kier alpha value is -1.02. The van der Waals surface area contributed by atoms with Crippen LogP contribution in [0.5, 0.6) is 0 Å². The van der Waals surface area contributed by atoms with Crippen LogP contribution in [0.1, 0.15) is 24.8 Å². The predicted molar refractivity (Wildman–Crippen MR) is 80.7 cm³/mol. The van der Waals surface area contributed by atoms with Gasteiger partial charge < -0.3 is 9.47 Å². The van der Waals surface area contributed by atoms with Crippen molar-refractivity contribution >= 4 is 10.0 Å². The van der Waals surface area contributed by atoms with Crippen molar-refractivity contribution < 1.29 is 22.3 Å². The number of hydrogen-bond donors (Lipinski definition) is 1. The lowest BCUT2D eigenvalue weighted by molar-refractivity contribution is 0.0169. The number of aryl methyl sites for hydroxylation is 1. The smallest absolute Gasteiger partial charge is 0.240 e. The van der Waals surface area contributed by atoms with E-state index in [-0.39, 0.29) is 17.5 Å². The molecule has 0 aliphatic carbocycles. The van der Waals surface area contributed by atoms with Crippen molar-refractivity contribution in [1.29, 1.82) is 0 Å². The molecule has 1 atom stereocenters. The van der Waals surface area contributed by atoms with Crippen molar-refractivity contribution in [2.24, 2.45) is 0 Å². The van der Waals surface area contributed by atoms with Gasteiger partial charge in [-0.15, -0.1) is 0 Å². The van der Waals surface area contributed by atoms with Crippen LogP contribution in [0.15, 0.2) is 23.1 Å². The first-order valence-corrected chi connectivity index (χ1v) is 8.92. The summed E-state index contributed by atoms with van der Waals surface area (Å²) in [5.74, 6) is -0.564. The van der Waals surface area contributed by atoms with Crippen LogP contribution in [0.4, 0.5) is 4.39 Å². The second-order valence-electron chi connectivity index (χ2n) is 5.37. The van der Waals surface area contributed by atoms with E-state index in [0.29, 0.717) is 25.2 Å². The average molecular weight is 331 g/mol. The Bertz CT molecular complexity index is 585. The fourth-order valence-electron chi connectivity index (χ4n) is 2.31. The van der Waals surface area contributed by atoms with E-state index in [0.717, 1.165) is 25.5 Å². The van der Waals surface area contributed by atoms with Crippen molar-refractivity contribution in [3.63, 3.8) is 0 Å². The van der Waals surface area contributed by atoms with E-state index in [1.807, 2.05) is 0 Å². The Morgan fingerprint density at radius 2 is 2.27 bits per heavy atom. The van der Waals surface area contributed by atoms with Gasteiger partial charge in [-0.25, -0.2) is 17.5 Å². The minimum atomic E-state index is -3.69. The van der Waals surface area contributed by atoms with Gasteiger partial charge in [0.2, 0.25) is 10.0 Å². The summed E-state index contributed by atoms with van der Waals surface area (Å²) in [6.07, 6.45) is 2.82. The molecule has 0 amide bonds. The molecule has 5 nitrogen and oxygen atoms in total. The van der Waals surface area contributed by atoms with Gasteiger partial charge in [-0.2, -0.15) is 0 Å². The summed E-state index contributed by atoms with van der Waals surface area (Å²) in [5.41, 5.74) is 0.517. The highest BCUT2D eigenvalue weighted by atomic mass is 32.2. The molecule has 0 saturated carbocycles. The number of rotatable bonds is 8. The van der Waals surface area contributed by atoms with Gasteiger partial charge in [0.25, 0.3) is 0 Å². The minimum Gasteiger partial charge on any atom is -0.379 e. The van der Waals surface area contributed by atoms with Gasteiger partial charge >= 0.3 is 0 Å². The first kappa shape index (κ1) is 17.3. The molecular weight excluding hydrogens is 309 g/mol. The monoisotopic (exact) mass is 331 g/mol. The molecule has 22 heavy (non-hydrogen) atoms. The first-order valence-electron chi connectivity index (χ1n) is 7.44. The summed E-state index contributed by atoms with van der Waals surface area (Å²) >= 11 is 0. The maximum absolute atomic E-state index is 13.2. The molecule has 0 spiro atoms. The quantitative estimate of drug-likeness (QED) is 0.740. The van der Waals surface area contributed by atoms with E-state index in [1.165, 1.54) is 12.1 Å². The molecule has 1 aromatic carbocycles. The summed E-state index contributed by atoms with van der Waals surface area (Å²) in [6, 6.07) is 3.73. The van der Waals surface area contributed by atoms with E-state index >= 15 is 0 Å². The number of sulfonamides is 1. The van der Waals surface area contributed by atoms with E-state index < -0.39 is 15.8 Å². The SMILES string of the molecule is Cc1ccc(F)cc1S(=O)(=O)NCCCOC[C@H]1CCCO1. The third kappa shape index (κ3) is 5.01. The zero-order valence-electron chi connectivity index (χ0n) is 12.7. The Morgan fingerprint density at radius 3 is 3.00 bits per heavy atom. The molecule has 0 aromatic heterocycles. The van der Waals surface area contributed by atoms with E-state index in [9.17, 15) is 12.8 Å². The van der Waals surface area contributed by atoms with Crippen LogP contribution in [0, 0.1) is 12.7 Å². The lowest BCUT2D eigenvalue weighted by atomic mass is 10.2. The largest absolute Gasteiger partial charge is 0.379 e. The lowest BCUT2D eigenvalue weighted by Crippen LogP contribution is -2.26. The maximum Gasteiger partial charge on any atom is 0.240 e. The molecule has 124 valence electrons. The van der Waals surface area contributed by atoms with Gasteiger partial charge in [-0.05, 0) is 43.9 Å². The lowest BCUT2D eigenvalue weighted by Gasteiger charge is -2.11. The second-order valence-corrected chi connectivity index (χ2v) is 7.11. The summed E-state index contributed by atoms with van der Waals surface area (Å²) in [5, 5.41) is 0. The van der Waals surface area contributed by atoms with Gasteiger partial charge in [-0.1, -0.05) is 6.07 Å². The topological polar surface area (TPSA) is 64.6 Å². The van der Waals surface area contributed by atoms with Gasteiger partial charge in [0.1, 0.15) is 5.82 Å². The summed E-state index contributed by atoms with van der Waals surface area (Å²) in [7, 11) is -3.69. The Labute approximate surface area is 130 Å². The van der Waals surface area contributed by atoms with Gasteiger partial charge in [-0.3, -0.25) is 0 Å². The summed E-state index contributed by atoms with van der Waals surface area (Å²) < 4.78 is 50.8. The molecule has 2 rings (SSSR count). The van der Waals surface area contributed by atoms with Crippen LogP contribution in [-0.2, 0) is 19.5 Å². The zero-order chi connectivity index (χ0) is 16.0. The van der Waals surface area contributed by atoms with Crippen LogP contribution >= 0.6 is 0 Å². The standard InChI is InChI=1S/C15H22FNO4S/c1-12-5-6-13(16)10-15(12)22(18,19)17-7-3-8-20-11-14-4-2-9-21-14/h5-6,10,14,17H,2-4,7-9,11H2,1H3/t14-/m1/s1. The molecule has 1 heterocycles. The Balaban J connectivity index is 1.72. The summed E-state index contributed by atoms with van der Waals surface area (Å²) in [6.45, 7) is 3.70. The molecule has 1 N–H and O–H groups in total.